The molecule has 1 aliphatic rings. The summed E-state index contributed by atoms with van der Waals surface area (Å²) in [6.07, 6.45) is 3.59. The summed E-state index contributed by atoms with van der Waals surface area (Å²) in [5.41, 5.74) is 1.49. The highest BCUT2D eigenvalue weighted by Gasteiger charge is 2.20. The van der Waals surface area contributed by atoms with Crippen LogP contribution in [0.3, 0.4) is 0 Å². The zero-order valence-corrected chi connectivity index (χ0v) is 17.4. The van der Waals surface area contributed by atoms with Crippen molar-refractivity contribution in [3.05, 3.63) is 35.9 Å². The van der Waals surface area contributed by atoms with Crippen molar-refractivity contribution in [2.24, 2.45) is 0 Å². The van der Waals surface area contributed by atoms with Gasteiger partial charge in [0.2, 0.25) is 5.91 Å². The molecule has 0 bridgehead atoms. The number of rotatable bonds is 11. The van der Waals surface area contributed by atoms with E-state index in [0.717, 1.165) is 31.8 Å². The second-order valence-corrected chi connectivity index (χ2v) is 7.85. The van der Waals surface area contributed by atoms with Gasteiger partial charge in [-0.3, -0.25) is 9.69 Å². The van der Waals surface area contributed by atoms with E-state index in [1.54, 1.807) is 0 Å². The third-order valence-electron chi connectivity index (χ3n) is 5.02. The normalized spacial score (nSPS) is 16.1. The van der Waals surface area contributed by atoms with Crippen LogP contribution in [-0.2, 0) is 4.79 Å². The van der Waals surface area contributed by atoms with Gasteiger partial charge in [-0.05, 0) is 56.9 Å². The fourth-order valence-corrected chi connectivity index (χ4v) is 3.99. The number of carbonyl (C=O) groups excluding carboxylic acids is 1. The van der Waals surface area contributed by atoms with Gasteiger partial charge in [0, 0.05) is 24.6 Å². The fourth-order valence-electron chi connectivity index (χ4n) is 3.60. The van der Waals surface area contributed by atoms with Crippen LogP contribution in [0.25, 0.3) is 0 Å². The van der Waals surface area contributed by atoms with Gasteiger partial charge in [-0.2, -0.15) is 25.3 Å². The first-order chi connectivity index (χ1) is 12.7. The van der Waals surface area contributed by atoms with Crippen molar-refractivity contribution in [2.75, 3.05) is 57.3 Å². The number of benzene rings is 1. The highest BCUT2D eigenvalue weighted by Crippen LogP contribution is 2.27. The van der Waals surface area contributed by atoms with Gasteiger partial charge in [0.05, 0.1) is 6.54 Å². The molecule has 1 amide bonds. The first kappa shape index (κ1) is 21.6. The summed E-state index contributed by atoms with van der Waals surface area (Å²) in [4.78, 5) is 16.7. The molecule has 0 aliphatic carbocycles. The first-order valence-electron chi connectivity index (χ1n) is 9.71. The van der Waals surface area contributed by atoms with Gasteiger partial charge < -0.3 is 10.2 Å². The minimum absolute atomic E-state index is 0.0875. The van der Waals surface area contributed by atoms with E-state index in [0.29, 0.717) is 24.8 Å². The third-order valence-corrected chi connectivity index (χ3v) is 5.45. The summed E-state index contributed by atoms with van der Waals surface area (Å²) in [6.45, 7) is 6.37. The molecule has 0 saturated carbocycles. The van der Waals surface area contributed by atoms with Gasteiger partial charge in [-0.25, -0.2) is 0 Å². The van der Waals surface area contributed by atoms with E-state index in [4.69, 9.17) is 0 Å². The SMILES string of the molecule is O=C(CN(CCS)CCCN1CCC(c2ccccc2)CC1)NCCS. The van der Waals surface area contributed by atoms with E-state index >= 15 is 0 Å². The van der Waals surface area contributed by atoms with E-state index in [2.05, 4.69) is 70.7 Å². The van der Waals surface area contributed by atoms with Crippen molar-refractivity contribution < 1.29 is 4.79 Å². The molecule has 1 aliphatic heterocycles. The largest absolute Gasteiger partial charge is 0.354 e. The Bertz CT molecular complexity index is 507. The number of carbonyl (C=O) groups is 1. The second-order valence-electron chi connectivity index (χ2n) is 6.95. The Labute approximate surface area is 169 Å². The second kappa shape index (κ2) is 12.7. The van der Waals surface area contributed by atoms with E-state index in [1.807, 2.05) is 0 Å². The molecule has 1 N–H and O–H groups in total. The maximum Gasteiger partial charge on any atom is 0.234 e. The van der Waals surface area contributed by atoms with Crippen LogP contribution in [0.4, 0.5) is 0 Å². The molecule has 146 valence electrons. The topological polar surface area (TPSA) is 35.6 Å². The highest BCUT2D eigenvalue weighted by molar-refractivity contribution is 7.80. The Morgan fingerprint density at radius 2 is 1.85 bits per heavy atom. The number of hydrogen-bond acceptors (Lipinski definition) is 5. The van der Waals surface area contributed by atoms with Crippen molar-refractivity contribution in [3.8, 4) is 0 Å². The van der Waals surface area contributed by atoms with Crippen LogP contribution < -0.4 is 5.32 Å². The molecule has 0 spiro atoms. The Kier molecular flexibility index (Phi) is 10.5. The van der Waals surface area contributed by atoms with Gasteiger partial charge >= 0.3 is 0 Å². The van der Waals surface area contributed by atoms with Crippen LogP contribution in [-0.4, -0.2) is 73.0 Å². The summed E-state index contributed by atoms with van der Waals surface area (Å²) >= 11 is 8.45. The lowest BCUT2D eigenvalue weighted by atomic mass is 9.89. The molecule has 0 aromatic heterocycles. The Hall–Kier alpha value is -0.690. The summed E-state index contributed by atoms with van der Waals surface area (Å²) < 4.78 is 0. The van der Waals surface area contributed by atoms with E-state index in [9.17, 15) is 4.79 Å². The van der Waals surface area contributed by atoms with Gasteiger partial charge in [-0.15, -0.1) is 0 Å². The molecule has 1 aromatic rings. The number of likely N-dealkylation sites (tertiary alicyclic amines) is 1. The maximum absolute atomic E-state index is 11.9. The average molecular weight is 396 g/mol. The van der Waals surface area contributed by atoms with Crippen LogP contribution in [0, 0.1) is 0 Å². The number of nitrogens with one attached hydrogen (secondary N) is 1. The molecule has 1 heterocycles. The van der Waals surface area contributed by atoms with Crippen LogP contribution in [0.1, 0.15) is 30.7 Å². The van der Waals surface area contributed by atoms with E-state index in [1.165, 1.54) is 31.5 Å². The molecular weight excluding hydrogens is 362 g/mol. The van der Waals surface area contributed by atoms with E-state index in [-0.39, 0.29) is 5.91 Å². The van der Waals surface area contributed by atoms with Crippen LogP contribution in [0.2, 0.25) is 0 Å². The van der Waals surface area contributed by atoms with Crippen LogP contribution in [0.5, 0.6) is 0 Å². The zero-order valence-electron chi connectivity index (χ0n) is 15.6. The minimum Gasteiger partial charge on any atom is -0.354 e. The molecule has 0 radical (unpaired) electrons. The van der Waals surface area contributed by atoms with Crippen LogP contribution in [0.15, 0.2) is 30.3 Å². The minimum atomic E-state index is 0.0875. The maximum atomic E-state index is 11.9. The Balaban J connectivity index is 1.65. The molecule has 1 fully saturated rings. The summed E-state index contributed by atoms with van der Waals surface area (Å²) in [6, 6.07) is 10.9. The van der Waals surface area contributed by atoms with Gasteiger partial charge in [0.1, 0.15) is 0 Å². The monoisotopic (exact) mass is 395 g/mol. The number of piperidine rings is 1. The van der Waals surface area contributed by atoms with Crippen molar-refractivity contribution in [3.63, 3.8) is 0 Å². The molecule has 2 rings (SSSR count). The van der Waals surface area contributed by atoms with Crippen molar-refractivity contribution in [1.82, 2.24) is 15.1 Å². The Morgan fingerprint density at radius 1 is 1.12 bits per heavy atom. The van der Waals surface area contributed by atoms with Gasteiger partial charge in [0.25, 0.3) is 0 Å². The quantitative estimate of drug-likeness (QED) is 0.504. The summed E-state index contributed by atoms with van der Waals surface area (Å²) in [5.74, 6) is 2.26. The molecule has 4 nitrogen and oxygen atoms in total. The van der Waals surface area contributed by atoms with E-state index < -0.39 is 0 Å². The smallest absolute Gasteiger partial charge is 0.234 e. The van der Waals surface area contributed by atoms with Gasteiger partial charge in [-0.1, -0.05) is 30.3 Å². The number of amides is 1. The number of nitrogens with zero attached hydrogens (tertiary/aromatic N) is 2. The lowest BCUT2D eigenvalue weighted by Gasteiger charge is -2.32. The molecule has 6 heteroatoms. The number of thiol groups is 2. The van der Waals surface area contributed by atoms with Crippen molar-refractivity contribution in [1.29, 1.82) is 0 Å². The Morgan fingerprint density at radius 3 is 2.50 bits per heavy atom. The van der Waals surface area contributed by atoms with Crippen molar-refractivity contribution in [2.45, 2.75) is 25.2 Å². The predicted octanol–water partition coefficient (Wildman–Crippen LogP) is 2.53. The summed E-state index contributed by atoms with van der Waals surface area (Å²) in [5, 5.41) is 2.89. The van der Waals surface area contributed by atoms with Crippen molar-refractivity contribution >= 4 is 31.2 Å². The summed E-state index contributed by atoms with van der Waals surface area (Å²) in [7, 11) is 0. The molecular formula is C20H33N3OS2. The highest BCUT2D eigenvalue weighted by atomic mass is 32.1. The third kappa shape index (κ3) is 7.91. The van der Waals surface area contributed by atoms with Crippen LogP contribution >= 0.6 is 25.3 Å². The molecule has 26 heavy (non-hydrogen) atoms. The molecule has 1 aromatic carbocycles. The lowest BCUT2D eigenvalue weighted by Crippen LogP contribution is -2.40. The first-order valence-corrected chi connectivity index (χ1v) is 11.0. The fraction of sp³-hybridized carbons (Fsp3) is 0.650. The standard InChI is InChI=1S/C20H33N3OS2/c24-20(21-9-15-25)17-23(14-16-26)11-4-10-22-12-7-19(8-13-22)18-5-2-1-3-6-18/h1-3,5-6,19,25-26H,4,7-17H2,(H,21,24). The molecule has 0 atom stereocenters. The van der Waals surface area contributed by atoms with Gasteiger partial charge in [0.15, 0.2) is 0 Å². The lowest BCUT2D eigenvalue weighted by molar-refractivity contribution is -0.122. The average Bonchev–Trinajstić information content (AvgIpc) is 2.68. The molecule has 0 unspecified atom stereocenters. The predicted molar refractivity (Wildman–Crippen MR) is 117 cm³/mol. The zero-order chi connectivity index (χ0) is 18.6. The molecule has 1 saturated heterocycles. The number of hydrogen-bond donors (Lipinski definition) is 3.